The van der Waals surface area contributed by atoms with Gasteiger partial charge in [0.05, 0.1) is 0 Å². The first kappa shape index (κ1) is 13.5. The first-order valence-electron chi connectivity index (χ1n) is 6.93. The summed E-state index contributed by atoms with van der Waals surface area (Å²) in [6, 6.07) is 7.43. The van der Waals surface area contributed by atoms with E-state index in [4.69, 9.17) is 0 Å². The number of piperazine rings is 1. The van der Waals surface area contributed by atoms with E-state index in [2.05, 4.69) is 24.1 Å². The molecule has 0 aromatic heterocycles. The summed E-state index contributed by atoms with van der Waals surface area (Å²) in [4.78, 5) is 2.42. The van der Waals surface area contributed by atoms with Gasteiger partial charge >= 0.3 is 0 Å². The van der Waals surface area contributed by atoms with Gasteiger partial charge in [0, 0.05) is 37.8 Å². The molecule has 0 aliphatic carbocycles. The number of benzene rings is 1. The van der Waals surface area contributed by atoms with Crippen molar-refractivity contribution in [2.24, 2.45) is 5.92 Å². The largest absolute Gasteiger partial charge is 0.314 e. The minimum absolute atomic E-state index is 0.0682. The third-order valence-corrected chi connectivity index (χ3v) is 3.95. The standard InChI is InChI=1S/C15H23FN2/c1-3-12(2)15(18-10-8-17-9-11-18)13-6-4-5-7-14(13)16/h4-7,12,15,17H,3,8-11H2,1-2H3/t12?,15-/m1/s1. The van der Waals surface area contributed by atoms with Gasteiger partial charge in [0.15, 0.2) is 0 Å². The van der Waals surface area contributed by atoms with Gasteiger partial charge in [0.25, 0.3) is 0 Å². The second kappa shape index (κ2) is 6.30. The van der Waals surface area contributed by atoms with Crippen LogP contribution in [0, 0.1) is 11.7 Å². The van der Waals surface area contributed by atoms with Gasteiger partial charge in [-0.1, -0.05) is 38.5 Å². The fourth-order valence-corrected chi connectivity index (χ4v) is 2.76. The van der Waals surface area contributed by atoms with E-state index >= 15 is 0 Å². The summed E-state index contributed by atoms with van der Waals surface area (Å²) in [6.07, 6.45) is 1.07. The second-order valence-electron chi connectivity index (χ2n) is 5.14. The van der Waals surface area contributed by atoms with Crippen LogP contribution in [0.15, 0.2) is 24.3 Å². The second-order valence-corrected chi connectivity index (χ2v) is 5.14. The highest BCUT2D eigenvalue weighted by molar-refractivity contribution is 5.22. The van der Waals surface area contributed by atoms with Gasteiger partial charge in [0.2, 0.25) is 0 Å². The van der Waals surface area contributed by atoms with Crippen molar-refractivity contribution in [3.63, 3.8) is 0 Å². The predicted octanol–water partition coefficient (Wildman–Crippen LogP) is 2.82. The maximum Gasteiger partial charge on any atom is 0.127 e. The van der Waals surface area contributed by atoms with Crippen LogP contribution >= 0.6 is 0 Å². The lowest BCUT2D eigenvalue weighted by atomic mass is 9.90. The summed E-state index contributed by atoms with van der Waals surface area (Å²) in [5.74, 6) is 0.404. The van der Waals surface area contributed by atoms with Crippen LogP contribution in [-0.2, 0) is 0 Å². The van der Waals surface area contributed by atoms with Gasteiger partial charge in [-0.3, -0.25) is 4.90 Å². The molecule has 3 heteroatoms. The summed E-state index contributed by atoms with van der Waals surface area (Å²) in [7, 11) is 0. The van der Waals surface area contributed by atoms with E-state index in [1.165, 1.54) is 0 Å². The summed E-state index contributed by atoms with van der Waals surface area (Å²) in [5, 5.41) is 3.36. The fourth-order valence-electron chi connectivity index (χ4n) is 2.76. The van der Waals surface area contributed by atoms with E-state index in [9.17, 15) is 4.39 Å². The number of nitrogens with zero attached hydrogens (tertiary/aromatic N) is 1. The summed E-state index contributed by atoms with van der Waals surface area (Å²) in [6.45, 7) is 8.41. The van der Waals surface area contributed by atoms with Crippen molar-refractivity contribution in [3.05, 3.63) is 35.6 Å². The Morgan fingerprint density at radius 1 is 1.28 bits per heavy atom. The minimum atomic E-state index is -0.0682. The molecule has 2 rings (SSSR count). The molecule has 0 saturated carbocycles. The topological polar surface area (TPSA) is 15.3 Å². The van der Waals surface area contributed by atoms with Crippen LogP contribution in [0.4, 0.5) is 4.39 Å². The Balaban J connectivity index is 2.27. The average Bonchev–Trinajstić information content (AvgIpc) is 2.42. The zero-order valence-corrected chi connectivity index (χ0v) is 11.3. The van der Waals surface area contributed by atoms with Gasteiger partial charge in [-0.05, 0) is 12.0 Å². The molecule has 1 aromatic carbocycles. The third kappa shape index (κ3) is 2.90. The van der Waals surface area contributed by atoms with Gasteiger partial charge in [0.1, 0.15) is 5.82 Å². The number of hydrogen-bond donors (Lipinski definition) is 1. The van der Waals surface area contributed by atoms with Crippen molar-refractivity contribution >= 4 is 0 Å². The first-order chi connectivity index (χ1) is 8.74. The van der Waals surface area contributed by atoms with Crippen LogP contribution < -0.4 is 5.32 Å². The summed E-state index contributed by atoms with van der Waals surface area (Å²) >= 11 is 0. The van der Waals surface area contributed by atoms with Gasteiger partial charge in [-0.25, -0.2) is 4.39 Å². The number of hydrogen-bond acceptors (Lipinski definition) is 2. The van der Waals surface area contributed by atoms with Gasteiger partial charge in [-0.2, -0.15) is 0 Å². The van der Waals surface area contributed by atoms with Crippen molar-refractivity contribution in [3.8, 4) is 0 Å². The lowest BCUT2D eigenvalue weighted by molar-refractivity contribution is 0.125. The molecule has 1 N–H and O–H groups in total. The zero-order valence-electron chi connectivity index (χ0n) is 11.3. The molecule has 1 aliphatic heterocycles. The number of nitrogens with one attached hydrogen (secondary N) is 1. The SMILES string of the molecule is CCC(C)[C@H](c1ccccc1F)N1CCNCC1. The Kier molecular flexibility index (Phi) is 4.72. The van der Waals surface area contributed by atoms with Crippen LogP contribution in [0.3, 0.4) is 0 Å². The van der Waals surface area contributed by atoms with E-state index in [0.29, 0.717) is 5.92 Å². The highest BCUT2D eigenvalue weighted by Gasteiger charge is 2.28. The summed E-state index contributed by atoms with van der Waals surface area (Å²) < 4.78 is 14.0. The van der Waals surface area contributed by atoms with Crippen LogP contribution in [0.1, 0.15) is 31.9 Å². The van der Waals surface area contributed by atoms with E-state index in [0.717, 1.165) is 38.2 Å². The molecule has 1 aromatic rings. The Hall–Kier alpha value is -0.930. The molecule has 2 nitrogen and oxygen atoms in total. The lowest BCUT2D eigenvalue weighted by Crippen LogP contribution is -2.46. The van der Waals surface area contributed by atoms with E-state index < -0.39 is 0 Å². The first-order valence-corrected chi connectivity index (χ1v) is 6.93. The van der Waals surface area contributed by atoms with Crippen LogP contribution in [0.5, 0.6) is 0 Å². The number of rotatable bonds is 4. The molecule has 1 heterocycles. The normalized spacial score (nSPS) is 20.6. The molecule has 100 valence electrons. The quantitative estimate of drug-likeness (QED) is 0.884. The Bertz CT molecular complexity index is 375. The maximum absolute atomic E-state index is 14.0. The molecule has 1 fully saturated rings. The number of halogens is 1. The molecule has 0 amide bonds. The Morgan fingerprint density at radius 3 is 2.56 bits per heavy atom. The molecule has 1 unspecified atom stereocenters. The Morgan fingerprint density at radius 2 is 1.94 bits per heavy atom. The van der Waals surface area contributed by atoms with E-state index in [-0.39, 0.29) is 11.9 Å². The molecule has 0 radical (unpaired) electrons. The average molecular weight is 250 g/mol. The monoisotopic (exact) mass is 250 g/mol. The van der Waals surface area contributed by atoms with Crippen LogP contribution in [-0.4, -0.2) is 31.1 Å². The molecule has 0 bridgehead atoms. The van der Waals surface area contributed by atoms with Crippen molar-refractivity contribution in [1.29, 1.82) is 0 Å². The molecular formula is C15H23FN2. The molecule has 0 spiro atoms. The molecule has 18 heavy (non-hydrogen) atoms. The molecule has 2 atom stereocenters. The van der Waals surface area contributed by atoms with Gasteiger partial charge < -0.3 is 5.32 Å². The highest BCUT2D eigenvalue weighted by Crippen LogP contribution is 2.32. The zero-order chi connectivity index (χ0) is 13.0. The highest BCUT2D eigenvalue weighted by atomic mass is 19.1. The lowest BCUT2D eigenvalue weighted by Gasteiger charge is -2.38. The van der Waals surface area contributed by atoms with E-state index in [1.54, 1.807) is 12.1 Å². The van der Waals surface area contributed by atoms with Crippen molar-refractivity contribution in [2.75, 3.05) is 26.2 Å². The van der Waals surface area contributed by atoms with Crippen molar-refractivity contribution in [1.82, 2.24) is 10.2 Å². The van der Waals surface area contributed by atoms with Gasteiger partial charge in [-0.15, -0.1) is 0 Å². The molecule has 1 aliphatic rings. The van der Waals surface area contributed by atoms with Crippen LogP contribution in [0.2, 0.25) is 0 Å². The molecular weight excluding hydrogens is 227 g/mol. The van der Waals surface area contributed by atoms with E-state index in [1.807, 2.05) is 12.1 Å². The fraction of sp³-hybridized carbons (Fsp3) is 0.600. The molecule has 1 saturated heterocycles. The minimum Gasteiger partial charge on any atom is -0.314 e. The van der Waals surface area contributed by atoms with Crippen molar-refractivity contribution < 1.29 is 4.39 Å². The predicted molar refractivity (Wildman–Crippen MR) is 73.0 cm³/mol. The van der Waals surface area contributed by atoms with Crippen LogP contribution in [0.25, 0.3) is 0 Å². The smallest absolute Gasteiger partial charge is 0.127 e. The maximum atomic E-state index is 14.0. The van der Waals surface area contributed by atoms with Crippen molar-refractivity contribution in [2.45, 2.75) is 26.3 Å². The Labute approximate surface area is 109 Å². The summed E-state index contributed by atoms with van der Waals surface area (Å²) in [5.41, 5.74) is 0.855. The third-order valence-electron chi connectivity index (χ3n) is 3.95.